The molecule has 0 spiro atoms. The van der Waals surface area contributed by atoms with Crippen molar-refractivity contribution in [1.29, 1.82) is 0 Å². The Labute approximate surface area is 142 Å². The smallest absolute Gasteiger partial charge is 0.277 e. The van der Waals surface area contributed by atoms with Crippen LogP contribution in [-0.2, 0) is 4.79 Å². The Morgan fingerprint density at radius 1 is 1.36 bits per heavy atom. The molecule has 22 heavy (non-hydrogen) atoms. The Hall–Kier alpha value is -1.85. The van der Waals surface area contributed by atoms with Crippen LogP contribution >= 0.6 is 27.5 Å². The van der Waals surface area contributed by atoms with Crippen LogP contribution in [0.4, 0.5) is 0 Å². The van der Waals surface area contributed by atoms with Crippen LogP contribution in [0.5, 0.6) is 5.75 Å². The van der Waals surface area contributed by atoms with E-state index >= 15 is 0 Å². The number of carbonyl (C=O) groups is 1. The van der Waals surface area contributed by atoms with Crippen molar-refractivity contribution < 1.29 is 9.53 Å². The molecule has 0 aliphatic carbocycles. The van der Waals surface area contributed by atoms with Crippen LogP contribution in [0.1, 0.15) is 11.1 Å². The summed E-state index contributed by atoms with van der Waals surface area (Å²) in [7, 11) is 0. The van der Waals surface area contributed by atoms with Crippen molar-refractivity contribution >= 4 is 39.7 Å². The first-order chi connectivity index (χ1) is 10.6. The number of nitrogens with zero attached hydrogens (tertiary/aromatic N) is 1. The molecule has 0 heterocycles. The lowest BCUT2D eigenvalue weighted by atomic mass is 10.2. The molecular weight excluding hydrogens is 368 g/mol. The van der Waals surface area contributed by atoms with Crippen LogP contribution in [-0.4, -0.2) is 18.7 Å². The van der Waals surface area contributed by atoms with Crippen molar-refractivity contribution in [2.75, 3.05) is 6.61 Å². The monoisotopic (exact) mass is 380 g/mol. The minimum Gasteiger partial charge on any atom is -0.484 e. The highest BCUT2D eigenvalue weighted by Gasteiger charge is 2.03. The normalized spacial score (nSPS) is 10.7. The van der Waals surface area contributed by atoms with E-state index in [9.17, 15) is 4.79 Å². The topological polar surface area (TPSA) is 50.7 Å². The molecule has 1 N–H and O–H groups in total. The van der Waals surface area contributed by atoms with E-state index < -0.39 is 0 Å². The molecule has 114 valence electrons. The first-order valence-electron chi connectivity index (χ1n) is 6.51. The molecule has 0 bridgehead atoms. The fourth-order valence-electron chi connectivity index (χ4n) is 1.64. The summed E-state index contributed by atoms with van der Waals surface area (Å²) in [4.78, 5) is 11.7. The number of hydrogen-bond acceptors (Lipinski definition) is 3. The van der Waals surface area contributed by atoms with Crippen LogP contribution in [0.25, 0.3) is 0 Å². The van der Waals surface area contributed by atoms with Gasteiger partial charge in [0, 0.05) is 15.1 Å². The zero-order chi connectivity index (χ0) is 15.9. The fourth-order valence-corrected chi connectivity index (χ4v) is 2.07. The van der Waals surface area contributed by atoms with Crippen molar-refractivity contribution in [2.24, 2.45) is 5.10 Å². The average Bonchev–Trinajstić information content (AvgIpc) is 2.50. The lowest BCUT2D eigenvalue weighted by Crippen LogP contribution is -2.24. The van der Waals surface area contributed by atoms with E-state index in [1.54, 1.807) is 18.2 Å². The Morgan fingerprint density at radius 2 is 2.14 bits per heavy atom. The number of carbonyl (C=O) groups excluding carboxylic acids is 1. The van der Waals surface area contributed by atoms with Gasteiger partial charge in [0.15, 0.2) is 6.61 Å². The van der Waals surface area contributed by atoms with Crippen LogP contribution in [0.3, 0.4) is 0 Å². The van der Waals surface area contributed by atoms with Crippen molar-refractivity contribution in [3.05, 3.63) is 63.1 Å². The number of ether oxygens (including phenoxy) is 1. The summed E-state index contributed by atoms with van der Waals surface area (Å²) >= 11 is 9.38. The van der Waals surface area contributed by atoms with Crippen LogP contribution in [0.2, 0.25) is 5.02 Å². The van der Waals surface area contributed by atoms with E-state index in [1.165, 1.54) is 6.21 Å². The highest BCUT2D eigenvalue weighted by molar-refractivity contribution is 9.10. The third-order valence-electron chi connectivity index (χ3n) is 2.80. The van der Waals surface area contributed by atoms with Crippen molar-refractivity contribution in [1.82, 2.24) is 5.43 Å². The Balaban J connectivity index is 1.83. The lowest BCUT2D eigenvalue weighted by Gasteiger charge is -2.06. The highest BCUT2D eigenvalue weighted by atomic mass is 79.9. The van der Waals surface area contributed by atoms with E-state index in [0.717, 1.165) is 15.6 Å². The van der Waals surface area contributed by atoms with E-state index in [1.807, 2.05) is 31.2 Å². The van der Waals surface area contributed by atoms with Gasteiger partial charge >= 0.3 is 0 Å². The van der Waals surface area contributed by atoms with Gasteiger partial charge in [-0.1, -0.05) is 45.7 Å². The molecule has 0 unspecified atom stereocenters. The number of aryl methyl sites for hydroxylation is 1. The molecule has 0 saturated carbocycles. The van der Waals surface area contributed by atoms with Crippen molar-refractivity contribution in [2.45, 2.75) is 6.92 Å². The van der Waals surface area contributed by atoms with Crippen molar-refractivity contribution in [3.63, 3.8) is 0 Å². The minimum atomic E-state index is -0.344. The van der Waals surface area contributed by atoms with Crippen LogP contribution in [0, 0.1) is 6.92 Å². The van der Waals surface area contributed by atoms with Gasteiger partial charge in [0.05, 0.1) is 6.21 Å². The summed E-state index contributed by atoms with van der Waals surface area (Å²) in [5, 5.41) is 4.42. The number of hydrazone groups is 1. The van der Waals surface area contributed by atoms with Gasteiger partial charge in [-0.3, -0.25) is 4.79 Å². The summed E-state index contributed by atoms with van der Waals surface area (Å²) in [5.41, 5.74) is 4.16. The second kappa shape index (κ2) is 7.96. The molecule has 0 aliphatic heterocycles. The second-order valence-corrected chi connectivity index (χ2v) is 5.78. The summed E-state index contributed by atoms with van der Waals surface area (Å²) < 4.78 is 6.39. The highest BCUT2D eigenvalue weighted by Crippen LogP contribution is 2.21. The third kappa shape index (κ3) is 4.86. The molecule has 0 aliphatic rings. The van der Waals surface area contributed by atoms with E-state index in [2.05, 4.69) is 26.5 Å². The molecule has 0 saturated heterocycles. The van der Waals surface area contributed by atoms with Crippen LogP contribution in [0.15, 0.2) is 52.0 Å². The molecule has 6 heteroatoms. The summed E-state index contributed by atoms with van der Waals surface area (Å²) in [6.45, 7) is 1.84. The Kier molecular flexibility index (Phi) is 5.98. The molecule has 0 aromatic heterocycles. The molecule has 4 nitrogen and oxygen atoms in total. The summed E-state index contributed by atoms with van der Waals surface area (Å²) in [5.74, 6) is 0.287. The van der Waals surface area contributed by atoms with Gasteiger partial charge in [-0.25, -0.2) is 5.43 Å². The molecule has 0 radical (unpaired) electrons. The number of nitrogens with one attached hydrogen (secondary N) is 1. The maximum atomic E-state index is 11.7. The lowest BCUT2D eigenvalue weighted by molar-refractivity contribution is -0.123. The van der Waals surface area contributed by atoms with Crippen LogP contribution < -0.4 is 10.2 Å². The van der Waals surface area contributed by atoms with E-state index in [4.69, 9.17) is 16.3 Å². The quantitative estimate of drug-likeness (QED) is 0.630. The van der Waals surface area contributed by atoms with Gasteiger partial charge in [0.2, 0.25) is 0 Å². The van der Waals surface area contributed by atoms with Gasteiger partial charge in [-0.2, -0.15) is 5.10 Å². The maximum Gasteiger partial charge on any atom is 0.277 e. The number of benzene rings is 2. The largest absolute Gasteiger partial charge is 0.484 e. The molecular formula is C16H14BrClN2O2. The third-order valence-corrected chi connectivity index (χ3v) is 4.03. The number of halogens is 2. The predicted octanol–water partition coefficient (Wildman–Crippen LogP) is 3.94. The summed E-state index contributed by atoms with van der Waals surface area (Å²) in [6, 6.07) is 12.7. The minimum absolute atomic E-state index is 0.110. The van der Waals surface area contributed by atoms with Crippen molar-refractivity contribution in [3.8, 4) is 5.75 Å². The molecule has 0 atom stereocenters. The van der Waals surface area contributed by atoms with Gasteiger partial charge in [0.25, 0.3) is 5.91 Å². The zero-order valence-electron chi connectivity index (χ0n) is 11.8. The summed E-state index contributed by atoms with van der Waals surface area (Å²) in [6.07, 6.45) is 1.49. The molecule has 2 aromatic rings. The van der Waals surface area contributed by atoms with E-state index in [0.29, 0.717) is 10.8 Å². The Morgan fingerprint density at radius 3 is 2.86 bits per heavy atom. The molecule has 1 amide bonds. The van der Waals surface area contributed by atoms with E-state index in [-0.39, 0.29) is 12.5 Å². The molecule has 2 aromatic carbocycles. The average molecular weight is 382 g/mol. The second-order valence-electron chi connectivity index (χ2n) is 4.51. The zero-order valence-corrected chi connectivity index (χ0v) is 14.2. The maximum absolute atomic E-state index is 11.7. The van der Waals surface area contributed by atoms with Gasteiger partial charge < -0.3 is 4.74 Å². The predicted molar refractivity (Wildman–Crippen MR) is 91.6 cm³/mol. The SMILES string of the molecule is Cc1cc(OCC(=O)NN=Cc2ccccc2Cl)ccc1Br. The number of hydrogen-bond donors (Lipinski definition) is 1. The van der Waals surface area contributed by atoms with Gasteiger partial charge in [-0.15, -0.1) is 0 Å². The molecule has 0 fully saturated rings. The fraction of sp³-hybridized carbons (Fsp3) is 0.125. The Bertz CT molecular complexity index is 704. The first-order valence-corrected chi connectivity index (χ1v) is 7.69. The van der Waals surface area contributed by atoms with Gasteiger partial charge in [-0.05, 0) is 36.8 Å². The number of rotatable bonds is 5. The standard InChI is InChI=1S/C16H14BrClN2O2/c1-11-8-13(6-7-14(11)17)22-10-16(21)20-19-9-12-4-2-3-5-15(12)18/h2-9H,10H2,1H3,(H,20,21). The molecule has 2 rings (SSSR count). The first kappa shape index (κ1) is 16.5. The number of amides is 1. The van der Waals surface area contributed by atoms with Gasteiger partial charge in [0.1, 0.15) is 5.75 Å².